The van der Waals surface area contributed by atoms with Crippen molar-refractivity contribution in [1.29, 1.82) is 0 Å². The van der Waals surface area contributed by atoms with Crippen LogP contribution in [0.15, 0.2) is 24.3 Å². The molecule has 1 unspecified atom stereocenters. The summed E-state index contributed by atoms with van der Waals surface area (Å²) in [7, 11) is 3.18. The van der Waals surface area contributed by atoms with E-state index < -0.39 is 6.04 Å². The number of methoxy groups -OCH3 is 2. The quantitative estimate of drug-likeness (QED) is 0.699. The van der Waals surface area contributed by atoms with Gasteiger partial charge in [-0.15, -0.1) is 0 Å². The van der Waals surface area contributed by atoms with Gasteiger partial charge in [0.1, 0.15) is 11.8 Å². The van der Waals surface area contributed by atoms with Crippen LogP contribution >= 0.6 is 0 Å². The molecule has 134 valence electrons. The van der Waals surface area contributed by atoms with Crippen molar-refractivity contribution < 1.29 is 19.1 Å². The van der Waals surface area contributed by atoms with E-state index in [4.69, 9.17) is 9.47 Å². The molecule has 0 spiro atoms. The average Bonchev–Trinajstić information content (AvgIpc) is 2.59. The molecule has 1 aromatic rings. The average molecular weight is 336 g/mol. The van der Waals surface area contributed by atoms with Crippen molar-refractivity contribution in [2.24, 2.45) is 5.92 Å². The largest absolute Gasteiger partial charge is 0.497 e. The molecule has 0 aliphatic carbocycles. The zero-order chi connectivity index (χ0) is 18.1. The first-order chi connectivity index (χ1) is 11.4. The van der Waals surface area contributed by atoms with E-state index in [1.807, 2.05) is 38.1 Å². The Bertz CT molecular complexity index is 528. The van der Waals surface area contributed by atoms with Gasteiger partial charge in [0.2, 0.25) is 11.8 Å². The minimum absolute atomic E-state index is 0.0554. The molecule has 24 heavy (non-hydrogen) atoms. The normalized spacial score (nSPS) is 11.9. The van der Waals surface area contributed by atoms with Gasteiger partial charge < -0.3 is 19.7 Å². The predicted molar refractivity (Wildman–Crippen MR) is 92.7 cm³/mol. The molecule has 1 atom stereocenters. The molecule has 0 aromatic heterocycles. The summed E-state index contributed by atoms with van der Waals surface area (Å²) in [6, 6.07) is 6.93. The molecular weight excluding hydrogens is 308 g/mol. The minimum Gasteiger partial charge on any atom is -0.497 e. The third-order valence-corrected chi connectivity index (χ3v) is 3.74. The number of benzene rings is 1. The predicted octanol–water partition coefficient (Wildman–Crippen LogP) is 1.83. The molecule has 0 bridgehead atoms. The van der Waals surface area contributed by atoms with Crippen LogP contribution in [-0.4, -0.2) is 50.1 Å². The van der Waals surface area contributed by atoms with Crippen LogP contribution in [0.5, 0.6) is 5.75 Å². The molecule has 6 nitrogen and oxygen atoms in total. The lowest BCUT2D eigenvalue weighted by Gasteiger charge is -2.30. The highest BCUT2D eigenvalue weighted by molar-refractivity contribution is 5.88. The summed E-state index contributed by atoms with van der Waals surface area (Å²) in [5.74, 6) is 0.332. The fourth-order valence-corrected chi connectivity index (χ4v) is 2.23. The van der Waals surface area contributed by atoms with E-state index in [1.54, 1.807) is 26.0 Å². The summed E-state index contributed by atoms with van der Waals surface area (Å²) in [5, 5.41) is 2.78. The lowest BCUT2D eigenvalue weighted by Crippen LogP contribution is -2.49. The van der Waals surface area contributed by atoms with E-state index in [9.17, 15) is 9.59 Å². The van der Waals surface area contributed by atoms with Crippen molar-refractivity contribution in [1.82, 2.24) is 10.2 Å². The number of nitrogens with zero attached hydrogens (tertiary/aromatic N) is 1. The Labute approximate surface area is 144 Å². The van der Waals surface area contributed by atoms with Crippen LogP contribution in [0.4, 0.5) is 0 Å². The maximum atomic E-state index is 12.5. The first-order valence-corrected chi connectivity index (χ1v) is 8.10. The van der Waals surface area contributed by atoms with Crippen molar-refractivity contribution in [2.45, 2.75) is 33.4 Å². The molecule has 1 rings (SSSR count). The van der Waals surface area contributed by atoms with E-state index in [0.29, 0.717) is 19.7 Å². The van der Waals surface area contributed by atoms with Crippen LogP contribution in [0, 0.1) is 5.92 Å². The van der Waals surface area contributed by atoms with Crippen molar-refractivity contribution in [2.75, 3.05) is 27.4 Å². The molecule has 0 radical (unpaired) electrons. The van der Waals surface area contributed by atoms with Crippen LogP contribution in [0.1, 0.15) is 26.3 Å². The Hall–Kier alpha value is -2.08. The van der Waals surface area contributed by atoms with Gasteiger partial charge in [-0.25, -0.2) is 0 Å². The highest BCUT2D eigenvalue weighted by Crippen LogP contribution is 2.16. The van der Waals surface area contributed by atoms with Gasteiger partial charge in [-0.1, -0.05) is 26.0 Å². The second-order valence-corrected chi connectivity index (χ2v) is 5.93. The number of ether oxygens (including phenoxy) is 2. The maximum Gasteiger partial charge on any atom is 0.242 e. The van der Waals surface area contributed by atoms with E-state index in [2.05, 4.69) is 5.32 Å². The second kappa shape index (κ2) is 9.93. The van der Waals surface area contributed by atoms with Crippen LogP contribution in [-0.2, 0) is 20.9 Å². The molecule has 0 aliphatic heterocycles. The monoisotopic (exact) mass is 336 g/mol. The van der Waals surface area contributed by atoms with Crippen LogP contribution in [0.25, 0.3) is 0 Å². The maximum absolute atomic E-state index is 12.5. The zero-order valence-corrected chi connectivity index (χ0v) is 15.2. The van der Waals surface area contributed by atoms with Gasteiger partial charge in [0.15, 0.2) is 0 Å². The summed E-state index contributed by atoms with van der Waals surface area (Å²) in [4.78, 5) is 26.4. The third kappa shape index (κ3) is 5.85. The molecule has 0 fully saturated rings. The number of carbonyl (C=O) groups is 2. The third-order valence-electron chi connectivity index (χ3n) is 3.74. The Morgan fingerprint density at radius 1 is 1.12 bits per heavy atom. The lowest BCUT2D eigenvalue weighted by molar-refractivity contribution is -0.143. The molecule has 6 heteroatoms. The lowest BCUT2D eigenvalue weighted by atomic mass is 10.1. The van der Waals surface area contributed by atoms with E-state index >= 15 is 0 Å². The molecule has 0 aliphatic rings. The van der Waals surface area contributed by atoms with E-state index in [-0.39, 0.29) is 17.7 Å². The van der Waals surface area contributed by atoms with Gasteiger partial charge in [-0.3, -0.25) is 9.59 Å². The number of rotatable bonds is 9. The van der Waals surface area contributed by atoms with Crippen molar-refractivity contribution >= 4 is 11.8 Å². The highest BCUT2D eigenvalue weighted by atomic mass is 16.5. The van der Waals surface area contributed by atoms with Crippen LogP contribution in [0.2, 0.25) is 0 Å². The Morgan fingerprint density at radius 3 is 2.25 bits per heavy atom. The fourth-order valence-electron chi connectivity index (χ4n) is 2.23. The molecule has 1 aromatic carbocycles. The number of amides is 2. The minimum atomic E-state index is -0.557. The molecule has 2 amide bonds. The number of hydrogen-bond acceptors (Lipinski definition) is 4. The molecule has 0 heterocycles. The van der Waals surface area contributed by atoms with E-state index in [1.165, 1.54) is 0 Å². The summed E-state index contributed by atoms with van der Waals surface area (Å²) < 4.78 is 10.1. The van der Waals surface area contributed by atoms with E-state index in [0.717, 1.165) is 11.3 Å². The molecule has 1 N–H and O–H groups in total. The first-order valence-electron chi connectivity index (χ1n) is 8.10. The standard InChI is InChI=1S/C18H28N2O4/c1-13(2)18(22)20(14(3)17(21)19-10-11-23-4)12-15-6-8-16(24-5)9-7-15/h6-9,13-14H,10-12H2,1-5H3,(H,19,21). The fraction of sp³-hybridized carbons (Fsp3) is 0.556. The SMILES string of the molecule is COCCNC(=O)C(C)N(Cc1ccc(OC)cc1)C(=O)C(C)C. The van der Waals surface area contributed by atoms with Gasteiger partial charge in [-0.2, -0.15) is 0 Å². The number of carbonyl (C=O) groups excluding carboxylic acids is 2. The molecule has 0 saturated carbocycles. The Kier molecular flexibility index (Phi) is 8.26. The topological polar surface area (TPSA) is 67.9 Å². The summed E-state index contributed by atoms with van der Waals surface area (Å²) in [5.41, 5.74) is 0.946. The van der Waals surface area contributed by atoms with Crippen molar-refractivity contribution in [3.05, 3.63) is 29.8 Å². The van der Waals surface area contributed by atoms with Crippen LogP contribution < -0.4 is 10.1 Å². The zero-order valence-electron chi connectivity index (χ0n) is 15.2. The van der Waals surface area contributed by atoms with Crippen LogP contribution in [0.3, 0.4) is 0 Å². The second-order valence-electron chi connectivity index (χ2n) is 5.93. The van der Waals surface area contributed by atoms with Gasteiger partial charge >= 0.3 is 0 Å². The Morgan fingerprint density at radius 2 is 1.75 bits per heavy atom. The van der Waals surface area contributed by atoms with Gasteiger partial charge in [0.05, 0.1) is 13.7 Å². The molecular formula is C18H28N2O4. The van der Waals surface area contributed by atoms with Gasteiger partial charge in [-0.05, 0) is 24.6 Å². The van der Waals surface area contributed by atoms with Gasteiger partial charge in [0, 0.05) is 26.1 Å². The molecule has 0 saturated heterocycles. The summed E-state index contributed by atoms with van der Waals surface area (Å²) in [6.45, 7) is 6.64. The van der Waals surface area contributed by atoms with Gasteiger partial charge in [0.25, 0.3) is 0 Å². The van der Waals surface area contributed by atoms with Crippen molar-refractivity contribution in [3.8, 4) is 5.75 Å². The number of hydrogen-bond donors (Lipinski definition) is 1. The Balaban J connectivity index is 2.86. The highest BCUT2D eigenvalue weighted by Gasteiger charge is 2.27. The first kappa shape index (κ1) is 20.0. The summed E-state index contributed by atoms with van der Waals surface area (Å²) in [6.07, 6.45) is 0. The number of nitrogens with one attached hydrogen (secondary N) is 1. The summed E-state index contributed by atoms with van der Waals surface area (Å²) >= 11 is 0. The smallest absolute Gasteiger partial charge is 0.242 e. The van der Waals surface area contributed by atoms with Crippen molar-refractivity contribution in [3.63, 3.8) is 0 Å².